The smallest absolute Gasteiger partial charge is 0.286 e. The van der Waals surface area contributed by atoms with Crippen LogP contribution in [0.15, 0.2) is 44.6 Å². The molecule has 0 bridgehead atoms. The summed E-state index contributed by atoms with van der Waals surface area (Å²) in [5.41, 5.74) is 0.716. The molecule has 2 aliphatic rings. The van der Waals surface area contributed by atoms with E-state index in [0.717, 1.165) is 31.3 Å². The SMILES string of the molecule is CN1CCN(C2=NC(=O)/C(=C/c3ccc(-c4cc(Cl)ccc4Cl)o3)S2)CC1. The first kappa shape index (κ1) is 18.6. The van der Waals surface area contributed by atoms with Crippen LogP contribution in [0.1, 0.15) is 5.76 Å². The Labute approximate surface area is 171 Å². The molecule has 0 saturated carbocycles. The predicted octanol–water partition coefficient (Wildman–Crippen LogP) is 4.47. The number of carbonyl (C=O) groups excluding carboxylic acids is 1. The molecule has 0 unspecified atom stereocenters. The summed E-state index contributed by atoms with van der Waals surface area (Å²) in [5.74, 6) is 0.949. The van der Waals surface area contributed by atoms with Crippen LogP contribution in [0.3, 0.4) is 0 Å². The van der Waals surface area contributed by atoms with Crippen LogP contribution in [0.4, 0.5) is 0 Å². The molecule has 1 aromatic carbocycles. The molecule has 0 radical (unpaired) electrons. The lowest BCUT2D eigenvalue weighted by molar-refractivity contribution is -0.113. The Hall–Kier alpha value is -1.73. The number of furan rings is 1. The van der Waals surface area contributed by atoms with E-state index in [0.29, 0.717) is 32.0 Å². The summed E-state index contributed by atoms with van der Waals surface area (Å²) in [7, 11) is 2.10. The van der Waals surface area contributed by atoms with Crippen LogP contribution in [-0.2, 0) is 4.79 Å². The molecule has 27 heavy (non-hydrogen) atoms. The fourth-order valence-corrected chi connectivity index (χ4v) is 4.25. The van der Waals surface area contributed by atoms with E-state index in [1.807, 2.05) is 6.07 Å². The molecular formula is C19H17Cl2N3O2S. The monoisotopic (exact) mass is 421 g/mol. The number of rotatable bonds is 2. The third-order valence-corrected chi connectivity index (χ3v) is 6.09. The Bertz CT molecular complexity index is 946. The van der Waals surface area contributed by atoms with Gasteiger partial charge in [0.05, 0.1) is 9.93 Å². The molecule has 2 aliphatic heterocycles. The van der Waals surface area contributed by atoms with Crippen LogP contribution in [-0.4, -0.2) is 54.1 Å². The van der Waals surface area contributed by atoms with Crippen molar-refractivity contribution in [2.24, 2.45) is 4.99 Å². The number of thioether (sulfide) groups is 1. The van der Waals surface area contributed by atoms with E-state index in [2.05, 4.69) is 21.8 Å². The Morgan fingerprint density at radius 2 is 1.93 bits per heavy atom. The van der Waals surface area contributed by atoms with Gasteiger partial charge in [0.25, 0.3) is 5.91 Å². The Morgan fingerprint density at radius 3 is 2.70 bits per heavy atom. The maximum absolute atomic E-state index is 12.3. The van der Waals surface area contributed by atoms with Gasteiger partial charge < -0.3 is 14.2 Å². The molecule has 3 heterocycles. The summed E-state index contributed by atoms with van der Waals surface area (Å²) in [5, 5.41) is 1.90. The molecule has 0 N–H and O–H groups in total. The second-order valence-electron chi connectivity index (χ2n) is 6.43. The number of carbonyl (C=O) groups is 1. The van der Waals surface area contributed by atoms with Crippen LogP contribution in [0.2, 0.25) is 10.0 Å². The highest BCUT2D eigenvalue weighted by Crippen LogP contribution is 2.34. The van der Waals surface area contributed by atoms with E-state index in [9.17, 15) is 4.79 Å². The third kappa shape index (κ3) is 4.09. The van der Waals surface area contributed by atoms with E-state index >= 15 is 0 Å². The van der Waals surface area contributed by atoms with E-state index in [4.69, 9.17) is 27.6 Å². The van der Waals surface area contributed by atoms with E-state index in [1.165, 1.54) is 11.8 Å². The number of benzene rings is 1. The van der Waals surface area contributed by atoms with E-state index < -0.39 is 0 Å². The zero-order chi connectivity index (χ0) is 19.0. The van der Waals surface area contributed by atoms with Gasteiger partial charge in [-0.3, -0.25) is 4.79 Å². The van der Waals surface area contributed by atoms with Gasteiger partial charge >= 0.3 is 0 Å². The third-order valence-electron chi connectivity index (χ3n) is 4.48. The summed E-state index contributed by atoms with van der Waals surface area (Å²) in [6.45, 7) is 3.69. The minimum absolute atomic E-state index is 0.229. The summed E-state index contributed by atoms with van der Waals surface area (Å²) in [4.78, 5) is 21.5. The second kappa shape index (κ2) is 7.72. The standard InChI is InChI=1S/C19H17Cl2N3O2S/c1-23-6-8-24(9-7-23)19-22-18(25)17(27-19)11-13-3-5-16(26-13)14-10-12(20)2-4-15(14)21/h2-5,10-11H,6-9H2,1H3/b17-11-. The Morgan fingerprint density at radius 1 is 1.15 bits per heavy atom. The van der Waals surface area contributed by atoms with Crippen molar-refractivity contribution in [3.8, 4) is 11.3 Å². The number of halogens is 2. The highest BCUT2D eigenvalue weighted by molar-refractivity contribution is 8.18. The molecule has 5 nitrogen and oxygen atoms in total. The number of amides is 1. The quantitative estimate of drug-likeness (QED) is 0.669. The zero-order valence-electron chi connectivity index (χ0n) is 14.6. The summed E-state index contributed by atoms with van der Waals surface area (Å²) < 4.78 is 5.85. The van der Waals surface area contributed by atoms with Crippen molar-refractivity contribution in [1.82, 2.24) is 9.80 Å². The largest absolute Gasteiger partial charge is 0.457 e. The lowest BCUT2D eigenvalue weighted by Gasteiger charge is -2.32. The number of hydrogen-bond acceptors (Lipinski definition) is 5. The number of nitrogens with zero attached hydrogens (tertiary/aromatic N) is 3. The van der Waals surface area contributed by atoms with Crippen molar-refractivity contribution in [2.45, 2.75) is 0 Å². The number of piperazine rings is 1. The lowest BCUT2D eigenvalue weighted by Crippen LogP contribution is -2.46. The van der Waals surface area contributed by atoms with Crippen molar-refractivity contribution >= 4 is 52.1 Å². The van der Waals surface area contributed by atoms with Gasteiger partial charge in [0, 0.05) is 42.8 Å². The van der Waals surface area contributed by atoms with Crippen molar-refractivity contribution < 1.29 is 9.21 Å². The molecule has 140 valence electrons. The molecule has 0 aliphatic carbocycles. The lowest BCUT2D eigenvalue weighted by atomic mass is 10.2. The minimum Gasteiger partial charge on any atom is -0.457 e. The first-order valence-corrected chi connectivity index (χ1v) is 10.1. The summed E-state index contributed by atoms with van der Waals surface area (Å²) in [6.07, 6.45) is 1.72. The maximum Gasteiger partial charge on any atom is 0.286 e. The highest BCUT2D eigenvalue weighted by Gasteiger charge is 2.28. The molecule has 1 aromatic heterocycles. The van der Waals surface area contributed by atoms with Gasteiger partial charge in [-0.2, -0.15) is 4.99 Å². The topological polar surface area (TPSA) is 49.0 Å². The highest BCUT2D eigenvalue weighted by atomic mass is 35.5. The zero-order valence-corrected chi connectivity index (χ0v) is 16.9. The number of amidine groups is 1. The van der Waals surface area contributed by atoms with Crippen LogP contribution in [0.5, 0.6) is 0 Å². The predicted molar refractivity (Wildman–Crippen MR) is 111 cm³/mol. The Kier molecular flexibility index (Phi) is 5.32. The number of aliphatic imine (C=N–C) groups is 1. The van der Waals surface area contributed by atoms with Gasteiger partial charge in [-0.1, -0.05) is 23.2 Å². The summed E-state index contributed by atoms with van der Waals surface area (Å²) in [6, 6.07) is 8.83. The van der Waals surface area contributed by atoms with Crippen LogP contribution in [0.25, 0.3) is 17.4 Å². The average molecular weight is 422 g/mol. The van der Waals surface area contributed by atoms with Gasteiger partial charge in [0.1, 0.15) is 11.5 Å². The summed E-state index contributed by atoms with van der Waals surface area (Å²) >= 11 is 13.7. The maximum atomic E-state index is 12.3. The molecule has 2 aromatic rings. The van der Waals surface area contributed by atoms with Gasteiger partial charge in [0.15, 0.2) is 5.17 Å². The van der Waals surface area contributed by atoms with Gasteiger partial charge in [-0.25, -0.2) is 0 Å². The molecule has 1 saturated heterocycles. The minimum atomic E-state index is -0.229. The van der Waals surface area contributed by atoms with Crippen LogP contribution in [0, 0.1) is 0 Å². The molecule has 8 heteroatoms. The van der Waals surface area contributed by atoms with Crippen molar-refractivity contribution in [1.29, 1.82) is 0 Å². The number of likely N-dealkylation sites (N-methyl/N-ethyl adjacent to an activating group) is 1. The van der Waals surface area contributed by atoms with Crippen LogP contribution < -0.4 is 0 Å². The van der Waals surface area contributed by atoms with Crippen molar-refractivity contribution in [2.75, 3.05) is 33.2 Å². The fraction of sp³-hybridized carbons (Fsp3) is 0.263. The first-order chi connectivity index (χ1) is 13.0. The van der Waals surface area contributed by atoms with Gasteiger partial charge in [-0.05, 0) is 49.1 Å². The molecule has 1 amide bonds. The molecule has 0 atom stereocenters. The molecule has 4 rings (SSSR count). The fourth-order valence-electron chi connectivity index (χ4n) is 2.92. The molecular weight excluding hydrogens is 405 g/mol. The average Bonchev–Trinajstić information content (AvgIpc) is 3.25. The van der Waals surface area contributed by atoms with Gasteiger partial charge in [0.2, 0.25) is 0 Å². The van der Waals surface area contributed by atoms with Crippen LogP contribution >= 0.6 is 35.0 Å². The molecule has 0 spiro atoms. The van der Waals surface area contributed by atoms with Crippen molar-refractivity contribution in [3.05, 3.63) is 51.0 Å². The van der Waals surface area contributed by atoms with Crippen molar-refractivity contribution in [3.63, 3.8) is 0 Å². The molecule has 1 fully saturated rings. The van der Waals surface area contributed by atoms with E-state index in [-0.39, 0.29) is 5.91 Å². The van der Waals surface area contributed by atoms with Gasteiger partial charge in [-0.15, -0.1) is 0 Å². The second-order valence-corrected chi connectivity index (χ2v) is 8.28. The normalized spacial score (nSPS) is 19.8. The first-order valence-electron chi connectivity index (χ1n) is 8.51. The Balaban J connectivity index is 1.51. The number of hydrogen-bond donors (Lipinski definition) is 0. The van der Waals surface area contributed by atoms with E-state index in [1.54, 1.807) is 30.3 Å².